The van der Waals surface area contributed by atoms with Gasteiger partial charge in [-0.1, -0.05) is 20.8 Å². The third-order valence-electron chi connectivity index (χ3n) is 8.52. The zero-order valence-electron chi connectivity index (χ0n) is 21.6. The lowest BCUT2D eigenvalue weighted by atomic mass is 9.76. The number of hydrogen-bond acceptors (Lipinski definition) is 7. The molecule has 2 aliphatic rings. The second kappa shape index (κ2) is 7.80. The van der Waals surface area contributed by atoms with E-state index in [-0.39, 0.29) is 16.8 Å². The van der Waals surface area contributed by atoms with Crippen LogP contribution in [0, 0.1) is 11.3 Å². The van der Waals surface area contributed by atoms with Crippen LogP contribution in [0.3, 0.4) is 0 Å². The summed E-state index contributed by atoms with van der Waals surface area (Å²) in [6.07, 6.45) is 1.49. The molecule has 2 aliphatic heterocycles. The number of hydrogen-bond donors (Lipinski definition) is 3. The van der Waals surface area contributed by atoms with Gasteiger partial charge in [0.15, 0.2) is 8.32 Å². The number of aromatic nitrogens is 2. The molecule has 3 atom stereocenters. The number of nitriles is 1. The minimum atomic E-state index is -2.02. The number of pyridine rings is 1. The Balaban J connectivity index is 1.63. The van der Waals surface area contributed by atoms with Crippen molar-refractivity contribution in [2.24, 2.45) is 0 Å². The van der Waals surface area contributed by atoms with Crippen molar-refractivity contribution in [3.63, 3.8) is 0 Å². The van der Waals surface area contributed by atoms with Crippen molar-refractivity contribution >= 4 is 19.2 Å². The SMILES string of the molecule is CC(C)(C)[Si](C)(C)OCC[C@]12C[C@H](O)[C@](C)(O1)c1c2c(O)n(-c2ccc(C#N)c3ncccc23)c1O. The first-order valence-electron chi connectivity index (χ1n) is 12.3. The van der Waals surface area contributed by atoms with Crippen molar-refractivity contribution in [2.75, 3.05) is 6.61 Å². The topological polar surface area (TPSA) is 121 Å². The van der Waals surface area contributed by atoms with Crippen molar-refractivity contribution in [1.82, 2.24) is 9.55 Å². The van der Waals surface area contributed by atoms with Gasteiger partial charge in [-0.25, -0.2) is 0 Å². The van der Waals surface area contributed by atoms with Crippen molar-refractivity contribution in [2.45, 2.75) is 76.0 Å². The molecular weight excluding hydrogens is 474 g/mol. The summed E-state index contributed by atoms with van der Waals surface area (Å²) in [6, 6.07) is 9.00. The Morgan fingerprint density at radius 2 is 1.92 bits per heavy atom. The molecule has 0 unspecified atom stereocenters. The van der Waals surface area contributed by atoms with Gasteiger partial charge in [0.05, 0.1) is 34.0 Å². The number of nitrogens with zero attached hydrogens (tertiary/aromatic N) is 3. The number of ether oxygens (including phenoxy) is 1. The fourth-order valence-electron chi connectivity index (χ4n) is 5.48. The number of benzene rings is 1. The highest BCUT2D eigenvalue weighted by Gasteiger charge is 2.66. The normalized spacial score (nSPS) is 25.3. The Morgan fingerprint density at radius 1 is 1.22 bits per heavy atom. The molecule has 36 heavy (non-hydrogen) atoms. The van der Waals surface area contributed by atoms with Crippen LogP contribution in [0.1, 0.15) is 57.2 Å². The lowest BCUT2D eigenvalue weighted by molar-refractivity contribution is -0.107. The van der Waals surface area contributed by atoms with Gasteiger partial charge in [0, 0.05) is 31.0 Å². The van der Waals surface area contributed by atoms with E-state index < -0.39 is 25.6 Å². The molecule has 2 aromatic heterocycles. The van der Waals surface area contributed by atoms with E-state index in [1.54, 1.807) is 37.4 Å². The maximum absolute atomic E-state index is 11.6. The summed E-state index contributed by atoms with van der Waals surface area (Å²) < 4.78 is 14.2. The van der Waals surface area contributed by atoms with Crippen LogP contribution in [-0.2, 0) is 20.4 Å². The first-order valence-corrected chi connectivity index (χ1v) is 15.2. The van der Waals surface area contributed by atoms with Crippen LogP contribution in [0.5, 0.6) is 11.8 Å². The minimum Gasteiger partial charge on any atom is -0.494 e. The van der Waals surface area contributed by atoms with Crippen LogP contribution in [0.2, 0.25) is 18.1 Å². The average molecular weight is 508 g/mol. The van der Waals surface area contributed by atoms with Crippen LogP contribution < -0.4 is 0 Å². The summed E-state index contributed by atoms with van der Waals surface area (Å²) in [5.74, 6) is -0.328. The van der Waals surface area contributed by atoms with E-state index >= 15 is 0 Å². The number of aliphatic hydroxyl groups is 1. The zero-order chi connectivity index (χ0) is 26.3. The first kappa shape index (κ1) is 24.8. The van der Waals surface area contributed by atoms with Crippen LogP contribution >= 0.6 is 0 Å². The Morgan fingerprint density at radius 3 is 2.58 bits per heavy atom. The molecule has 1 aromatic carbocycles. The van der Waals surface area contributed by atoms with Crippen molar-refractivity contribution in [3.8, 4) is 23.5 Å². The molecule has 4 heterocycles. The summed E-state index contributed by atoms with van der Waals surface area (Å²) in [6.45, 7) is 13.1. The summed E-state index contributed by atoms with van der Waals surface area (Å²) in [5, 5.41) is 44.2. The van der Waals surface area contributed by atoms with E-state index in [2.05, 4.69) is 44.9 Å². The maximum Gasteiger partial charge on any atom is 0.205 e. The van der Waals surface area contributed by atoms with E-state index in [1.165, 1.54) is 4.57 Å². The molecule has 8 nitrogen and oxygen atoms in total. The van der Waals surface area contributed by atoms with E-state index in [0.717, 1.165) is 0 Å². The van der Waals surface area contributed by atoms with Gasteiger partial charge >= 0.3 is 0 Å². The van der Waals surface area contributed by atoms with E-state index in [9.17, 15) is 20.6 Å². The third kappa shape index (κ3) is 3.25. The van der Waals surface area contributed by atoms with Gasteiger partial charge in [0.25, 0.3) is 0 Å². The molecule has 0 spiro atoms. The molecule has 9 heteroatoms. The Hall–Kier alpha value is -2.90. The van der Waals surface area contributed by atoms with Crippen molar-refractivity contribution in [3.05, 3.63) is 47.2 Å². The lowest BCUT2D eigenvalue weighted by Crippen LogP contribution is -2.42. The fourth-order valence-corrected chi connectivity index (χ4v) is 6.52. The second-order valence-corrected chi connectivity index (χ2v) is 16.5. The second-order valence-electron chi connectivity index (χ2n) is 11.7. The predicted molar refractivity (Wildman–Crippen MR) is 138 cm³/mol. The van der Waals surface area contributed by atoms with Crippen molar-refractivity contribution < 1.29 is 24.5 Å². The van der Waals surface area contributed by atoms with Gasteiger partial charge in [-0.3, -0.25) is 9.55 Å². The highest BCUT2D eigenvalue weighted by Crippen LogP contribution is 2.65. The fraction of sp³-hybridized carbons (Fsp3) is 0.481. The zero-order valence-corrected chi connectivity index (χ0v) is 22.6. The number of rotatable bonds is 5. The molecule has 1 saturated heterocycles. The van der Waals surface area contributed by atoms with E-state index in [0.29, 0.717) is 52.7 Å². The van der Waals surface area contributed by atoms with Crippen LogP contribution in [0.25, 0.3) is 16.6 Å². The average Bonchev–Trinajstić information content (AvgIpc) is 3.33. The molecule has 3 N–H and O–H groups in total. The quantitative estimate of drug-likeness (QED) is 0.419. The molecule has 5 rings (SSSR count). The van der Waals surface area contributed by atoms with Gasteiger partial charge < -0.3 is 24.5 Å². The minimum absolute atomic E-state index is 0.0461. The van der Waals surface area contributed by atoms with Crippen LogP contribution in [-0.4, -0.2) is 45.9 Å². The van der Waals surface area contributed by atoms with Gasteiger partial charge in [0.2, 0.25) is 11.8 Å². The standard InChI is InChI=1S/C27H33N3O5Si/c1-25(2,3)36(5,6)34-13-11-27-14-19(31)26(4,35-27)20-21(27)24(33)30(23(20)32)18-10-9-16(15-28)22-17(18)8-7-12-29-22/h7-10,12,19,31-33H,11,13-14H2,1-6H3/t19-,26-,27+/m0/s1. The van der Waals surface area contributed by atoms with Crippen LogP contribution in [0.15, 0.2) is 30.5 Å². The molecular formula is C27H33N3O5Si. The largest absolute Gasteiger partial charge is 0.494 e. The summed E-state index contributed by atoms with van der Waals surface area (Å²) in [4.78, 5) is 4.35. The molecule has 1 fully saturated rings. The monoisotopic (exact) mass is 507 g/mol. The van der Waals surface area contributed by atoms with Gasteiger partial charge in [-0.15, -0.1) is 0 Å². The molecule has 0 amide bonds. The van der Waals surface area contributed by atoms with E-state index in [1.807, 2.05) is 0 Å². The van der Waals surface area contributed by atoms with Gasteiger partial charge in [-0.2, -0.15) is 5.26 Å². The Kier molecular flexibility index (Phi) is 5.37. The molecule has 0 aliphatic carbocycles. The van der Waals surface area contributed by atoms with Gasteiger partial charge in [0.1, 0.15) is 17.3 Å². The molecule has 190 valence electrons. The molecule has 3 aromatic rings. The van der Waals surface area contributed by atoms with Crippen molar-refractivity contribution in [1.29, 1.82) is 5.26 Å². The van der Waals surface area contributed by atoms with Gasteiger partial charge in [-0.05, 0) is 49.3 Å². The molecule has 0 saturated carbocycles. The number of aliphatic hydroxyl groups excluding tert-OH is 1. The summed E-state index contributed by atoms with van der Waals surface area (Å²) in [5.41, 5.74) is 0.109. The predicted octanol–water partition coefficient (Wildman–Crippen LogP) is 4.93. The Labute approximate surface area is 211 Å². The number of aromatic hydroxyl groups is 2. The summed E-state index contributed by atoms with van der Waals surface area (Å²) in [7, 11) is -2.02. The summed E-state index contributed by atoms with van der Waals surface area (Å²) >= 11 is 0. The maximum atomic E-state index is 11.6. The highest BCUT2D eigenvalue weighted by molar-refractivity contribution is 6.74. The Bertz CT molecular complexity index is 1420. The smallest absolute Gasteiger partial charge is 0.205 e. The highest BCUT2D eigenvalue weighted by atomic mass is 28.4. The van der Waals surface area contributed by atoms with E-state index in [4.69, 9.17) is 9.16 Å². The third-order valence-corrected chi connectivity index (χ3v) is 13.1. The lowest BCUT2D eigenvalue weighted by Gasteiger charge is -2.37. The molecule has 2 bridgehead atoms. The first-order chi connectivity index (χ1) is 16.8. The van der Waals surface area contributed by atoms with Crippen LogP contribution in [0.4, 0.5) is 0 Å². The molecule has 0 radical (unpaired) electrons. The number of fused-ring (bicyclic) bond motifs is 6.